The number of rotatable bonds is 6. The van der Waals surface area contributed by atoms with Crippen molar-refractivity contribution < 1.29 is 19.8 Å². The zero-order valence-electron chi connectivity index (χ0n) is 11.6. The first kappa shape index (κ1) is 15.6. The summed E-state index contributed by atoms with van der Waals surface area (Å²) in [4.78, 5) is 1.28. The Bertz CT molecular complexity index is 399. The number of quaternary nitrogens is 1. The van der Waals surface area contributed by atoms with Crippen LogP contribution in [-0.4, -0.2) is 48.7 Å². The molecule has 1 aliphatic heterocycles. The van der Waals surface area contributed by atoms with Crippen LogP contribution < -0.4 is 9.64 Å². The molecule has 0 saturated carbocycles. The first-order chi connectivity index (χ1) is 9.69. The van der Waals surface area contributed by atoms with Gasteiger partial charge < -0.3 is 19.8 Å². The number of hydrogen-bond donors (Lipinski definition) is 3. The number of likely N-dealkylation sites (tertiary alicyclic amines) is 1. The first-order valence-corrected chi connectivity index (χ1v) is 7.58. The Morgan fingerprint density at radius 3 is 2.75 bits per heavy atom. The van der Waals surface area contributed by atoms with Crippen molar-refractivity contribution in [2.24, 2.45) is 0 Å². The largest absolute Gasteiger partial charge is 0.491 e. The predicted octanol–water partition coefficient (Wildman–Crippen LogP) is 0.509. The van der Waals surface area contributed by atoms with Gasteiger partial charge in [-0.25, -0.2) is 0 Å². The Labute approximate surface area is 124 Å². The lowest BCUT2D eigenvalue weighted by atomic mass is 10.0. The molecule has 1 heterocycles. The van der Waals surface area contributed by atoms with Crippen molar-refractivity contribution in [3.8, 4) is 5.75 Å². The molecule has 4 nitrogen and oxygen atoms in total. The molecule has 112 valence electrons. The number of ether oxygens (including phenoxy) is 1. The third-order valence-electron chi connectivity index (χ3n) is 3.85. The summed E-state index contributed by atoms with van der Waals surface area (Å²) in [5, 5.41) is 20.1. The third-order valence-corrected chi connectivity index (χ3v) is 4.10. The van der Waals surface area contributed by atoms with Gasteiger partial charge in [-0.3, -0.25) is 0 Å². The fourth-order valence-corrected chi connectivity index (χ4v) is 2.85. The summed E-state index contributed by atoms with van der Waals surface area (Å²) < 4.78 is 5.55. The van der Waals surface area contributed by atoms with E-state index in [1.165, 1.54) is 11.3 Å². The first-order valence-electron chi connectivity index (χ1n) is 7.21. The highest BCUT2D eigenvalue weighted by Crippen LogP contribution is 2.15. The topological polar surface area (TPSA) is 54.1 Å². The molecule has 1 unspecified atom stereocenters. The van der Waals surface area contributed by atoms with E-state index in [0.717, 1.165) is 19.4 Å². The number of aliphatic hydroxyl groups is 2. The van der Waals surface area contributed by atoms with Crippen LogP contribution >= 0.6 is 11.6 Å². The smallest absolute Gasteiger partial charge is 0.137 e. The number of halogens is 1. The van der Waals surface area contributed by atoms with Gasteiger partial charge in [0.15, 0.2) is 0 Å². The molecule has 3 atom stereocenters. The van der Waals surface area contributed by atoms with Crippen LogP contribution in [0.15, 0.2) is 24.3 Å². The van der Waals surface area contributed by atoms with E-state index in [1.807, 2.05) is 0 Å². The molecule has 0 radical (unpaired) electrons. The van der Waals surface area contributed by atoms with Gasteiger partial charge in [-0.2, -0.15) is 0 Å². The van der Waals surface area contributed by atoms with E-state index in [1.54, 1.807) is 24.3 Å². The molecule has 3 N–H and O–H groups in total. The lowest BCUT2D eigenvalue weighted by Gasteiger charge is -2.32. The standard InChI is InChI=1S/C15H22ClNO3/c16-12-4-6-15(7-5-12)20-11-14(19)9-17-8-2-1-3-13(17)10-18/h4-7,13-14,18-19H,1-3,8-11H2/p+1/t13-,14+/m0/s1. The Hall–Kier alpha value is -0.810. The highest BCUT2D eigenvalue weighted by atomic mass is 35.5. The van der Waals surface area contributed by atoms with E-state index in [0.29, 0.717) is 17.3 Å². The number of nitrogens with one attached hydrogen (secondary N) is 1. The molecule has 0 spiro atoms. The lowest BCUT2D eigenvalue weighted by Crippen LogP contribution is -3.18. The van der Waals surface area contributed by atoms with Gasteiger partial charge in [0.05, 0.1) is 13.2 Å². The van der Waals surface area contributed by atoms with Crippen molar-refractivity contribution >= 4 is 11.6 Å². The molecule has 1 aromatic rings. The summed E-state index contributed by atoms with van der Waals surface area (Å²) in [5.74, 6) is 0.709. The Kier molecular flexibility index (Phi) is 6.10. The summed E-state index contributed by atoms with van der Waals surface area (Å²) in [6.07, 6.45) is 2.85. The summed E-state index contributed by atoms with van der Waals surface area (Å²) >= 11 is 5.80. The number of piperidine rings is 1. The molecule has 2 rings (SSSR count). The zero-order valence-corrected chi connectivity index (χ0v) is 12.4. The minimum absolute atomic E-state index is 0.195. The molecule has 0 aliphatic carbocycles. The van der Waals surface area contributed by atoms with Crippen LogP contribution in [0, 0.1) is 0 Å². The lowest BCUT2D eigenvalue weighted by molar-refractivity contribution is -0.933. The summed E-state index contributed by atoms with van der Waals surface area (Å²) in [6.45, 7) is 2.10. The Morgan fingerprint density at radius 2 is 2.05 bits per heavy atom. The van der Waals surface area contributed by atoms with Crippen molar-refractivity contribution in [2.45, 2.75) is 31.4 Å². The van der Waals surface area contributed by atoms with Crippen LogP contribution in [0.25, 0.3) is 0 Å². The SMILES string of the molecule is OC[C@@H]1CCCC[NH+]1C[C@@H](O)COc1ccc(Cl)cc1. The second-order valence-corrected chi connectivity index (χ2v) is 5.84. The van der Waals surface area contributed by atoms with Crippen LogP contribution in [0.4, 0.5) is 0 Å². The second-order valence-electron chi connectivity index (χ2n) is 5.41. The molecule has 0 aromatic heterocycles. The number of benzene rings is 1. The average molecular weight is 301 g/mol. The molecule has 1 fully saturated rings. The highest BCUT2D eigenvalue weighted by molar-refractivity contribution is 6.30. The van der Waals surface area contributed by atoms with Crippen molar-refractivity contribution in [1.82, 2.24) is 0 Å². The van der Waals surface area contributed by atoms with Crippen LogP contribution in [0.3, 0.4) is 0 Å². The van der Waals surface area contributed by atoms with E-state index in [9.17, 15) is 10.2 Å². The van der Waals surface area contributed by atoms with Crippen LogP contribution in [0.2, 0.25) is 5.02 Å². The van der Waals surface area contributed by atoms with Gasteiger partial charge in [-0.05, 0) is 37.1 Å². The van der Waals surface area contributed by atoms with Gasteiger partial charge in [0, 0.05) is 11.4 Å². The van der Waals surface area contributed by atoms with Crippen molar-refractivity contribution in [2.75, 3.05) is 26.3 Å². The van der Waals surface area contributed by atoms with Gasteiger partial charge in [0.25, 0.3) is 0 Å². The van der Waals surface area contributed by atoms with Gasteiger partial charge in [0.1, 0.15) is 31.0 Å². The Balaban J connectivity index is 1.76. The molecule has 1 aromatic carbocycles. The molecular weight excluding hydrogens is 278 g/mol. The van der Waals surface area contributed by atoms with E-state index in [-0.39, 0.29) is 19.3 Å². The van der Waals surface area contributed by atoms with E-state index < -0.39 is 6.10 Å². The maximum absolute atomic E-state index is 10.1. The van der Waals surface area contributed by atoms with Gasteiger partial charge >= 0.3 is 0 Å². The van der Waals surface area contributed by atoms with Gasteiger partial charge in [-0.15, -0.1) is 0 Å². The zero-order chi connectivity index (χ0) is 14.4. The van der Waals surface area contributed by atoms with Gasteiger partial charge in [-0.1, -0.05) is 11.6 Å². The molecule has 1 saturated heterocycles. The maximum Gasteiger partial charge on any atom is 0.137 e. The van der Waals surface area contributed by atoms with Crippen molar-refractivity contribution in [3.63, 3.8) is 0 Å². The quantitative estimate of drug-likeness (QED) is 0.717. The fraction of sp³-hybridized carbons (Fsp3) is 0.600. The maximum atomic E-state index is 10.1. The highest BCUT2D eigenvalue weighted by Gasteiger charge is 2.27. The van der Waals surface area contributed by atoms with E-state index in [4.69, 9.17) is 16.3 Å². The van der Waals surface area contributed by atoms with E-state index >= 15 is 0 Å². The monoisotopic (exact) mass is 300 g/mol. The molecule has 5 heteroatoms. The van der Waals surface area contributed by atoms with Crippen LogP contribution in [0.5, 0.6) is 5.75 Å². The molecule has 1 aliphatic rings. The van der Waals surface area contributed by atoms with Crippen molar-refractivity contribution in [3.05, 3.63) is 29.3 Å². The average Bonchev–Trinajstić information content (AvgIpc) is 2.47. The summed E-state index contributed by atoms with van der Waals surface area (Å²) in [5.41, 5.74) is 0. The summed E-state index contributed by atoms with van der Waals surface area (Å²) in [7, 11) is 0. The molecule has 0 bridgehead atoms. The third kappa shape index (κ3) is 4.63. The molecule has 20 heavy (non-hydrogen) atoms. The molecule has 0 amide bonds. The van der Waals surface area contributed by atoms with E-state index in [2.05, 4.69) is 0 Å². The minimum Gasteiger partial charge on any atom is -0.491 e. The normalized spacial score (nSPS) is 24.4. The predicted molar refractivity (Wildman–Crippen MR) is 78.4 cm³/mol. The fourth-order valence-electron chi connectivity index (χ4n) is 2.72. The Morgan fingerprint density at radius 1 is 1.30 bits per heavy atom. The van der Waals surface area contributed by atoms with Gasteiger partial charge in [0.2, 0.25) is 0 Å². The summed E-state index contributed by atoms with van der Waals surface area (Å²) in [6, 6.07) is 7.37. The van der Waals surface area contributed by atoms with Crippen LogP contribution in [0.1, 0.15) is 19.3 Å². The molecular formula is C15H23ClNO3+. The number of aliphatic hydroxyl groups excluding tert-OH is 2. The minimum atomic E-state index is -0.521. The van der Waals surface area contributed by atoms with Crippen molar-refractivity contribution in [1.29, 1.82) is 0 Å². The number of hydrogen-bond acceptors (Lipinski definition) is 3. The second kappa shape index (κ2) is 7.84. The van der Waals surface area contributed by atoms with Crippen LogP contribution in [-0.2, 0) is 0 Å².